The molecule has 5 heteroatoms. The van der Waals surface area contributed by atoms with Crippen LogP contribution in [0, 0.1) is 6.92 Å². The van der Waals surface area contributed by atoms with Crippen LogP contribution in [0.25, 0.3) is 11.3 Å². The first kappa shape index (κ1) is 16.7. The molecule has 0 fully saturated rings. The lowest BCUT2D eigenvalue weighted by atomic mass is 10.2. The first-order chi connectivity index (χ1) is 13.3. The Hall–Kier alpha value is -3.73. The van der Waals surface area contributed by atoms with Crippen molar-refractivity contribution >= 4 is 11.5 Å². The molecule has 27 heavy (non-hydrogen) atoms. The predicted molar refractivity (Wildman–Crippen MR) is 106 cm³/mol. The number of pyridine rings is 1. The molecule has 0 amide bonds. The summed E-state index contributed by atoms with van der Waals surface area (Å²) < 4.78 is 5.82. The molecule has 0 radical (unpaired) electrons. The van der Waals surface area contributed by atoms with Gasteiger partial charge in [-0.3, -0.25) is 4.98 Å². The van der Waals surface area contributed by atoms with Crippen molar-refractivity contribution in [1.29, 1.82) is 0 Å². The zero-order valence-corrected chi connectivity index (χ0v) is 14.8. The van der Waals surface area contributed by atoms with E-state index < -0.39 is 0 Å². The molecule has 5 nitrogen and oxygen atoms in total. The molecular formula is C22H18N4O. The minimum Gasteiger partial charge on any atom is -0.457 e. The van der Waals surface area contributed by atoms with E-state index in [1.54, 1.807) is 12.4 Å². The van der Waals surface area contributed by atoms with Crippen LogP contribution in [-0.2, 0) is 0 Å². The quantitative estimate of drug-likeness (QED) is 0.521. The van der Waals surface area contributed by atoms with Crippen molar-refractivity contribution in [3.63, 3.8) is 0 Å². The van der Waals surface area contributed by atoms with Crippen LogP contribution in [0.15, 0.2) is 85.2 Å². The van der Waals surface area contributed by atoms with Crippen LogP contribution >= 0.6 is 0 Å². The standard InChI is InChI=1S/C22H18N4O/c1-16-24-21(17-11-13-23-14-12-17)15-22(25-16)26-18-7-9-20(10-8-18)27-19-5-3-2-4-6-19/h2-15H,1H3,(H,24,25,26). The lowest BCUT2D eigenvalue weighted by Crippen LogP contribution is -1.99. The van der Waals surface area contributed by atoms with Crippen LogP contribution in [0.3, 0.4) is 0 Å². The van der Waals surface area contributed by atoms with Crippen molar-refractivity contribution in [2.24, 2.45) is 0 Å². The third kappa shape index (κ3) is 4.27. The number of hydrogen-bond acceptors (Lipinski definition) is 5. The smallest absolute Gasteiger partial charge is 0.134 e. The number of aryl methyl sites for hydroxylation is 1. The predicted octanol–water partition coefficient (Wildman–Crippen LogP) is 5.38. The van der Waals surface area contributed by atoms with Crippen molar-refractivity contribution < 1.29 is 4.74 Å². The summed E-state index contributed by atoms with van der Waals surface area (Å²) in [5.74, 6) is 3.04. The highest BCUT2D eigenvalue weighted by Gasteiger charge is 2.05. The van der Waals surface area contributed by atoms with Gasteiger partial charge in [-0.05, 0) is 55.5 Å². The molecule has 0 unspecified atom stereocenters. The van der Waals surface area contributed by atoms with Crippen molar-refractivity contribution in [2.75, 3.05) is 5.32 Å². The minimum absolute atomic E-state index is 0.704. The second-order valence-electron chi connectivity index (χ2n) is 5.99. The second-order valence-corrected chi connectivity index (χ2v) is 5.99. The Kier molecular flexibility index (Phi) is 4.74. The van der Waals surface area contributed by atoms with Gasteiger partial charge in [0, 0.05) is 29.7 Å². The molecule has 0 atom stereocenters. The molecule has 4 rings (SSSR count). The fourth-order valence-corrected chi connectivity index (χ4v) is 2.68. The lowest BCUT2D eigenvalue weighted by Gasteiger charge is -2.10. The van der Waals surface area contributed by atoms with Gasteiger partial charge in [0.15, 0.2) is 0 Å². The first-order valence-corrected chi connectivity index (χ1v) is 8.62. The summed E-state index contributed by atoms with van der Waals surface area (Å²) in [7, 11) is 0. The summed E-state index contributed by atoms with van der Waals surface area (Å²) in [6.45, 7) is 1.88. The normalized spacial score (nSPS) is 10.4. The van der Waals surface area contributed by atoms with Crippen LogP contribution in [0.4, 0.5) is 11.5 Å². The monoisotopic (exact) mass is 354 g/mol. The van der Waals surface area contributed by atoms with Crippen LogP contribution in [0.2, 0.25) is 0 Å². The summed E-state index contributed by atoms with van der Waals surface area (Å²) in [6, 6.07) is 23.3. The largest absolute Gasteiger partial charge is 0.457 e. The van der Waals surface area contributed by atoms with Gasteiger partial charge in [0.1, 0.15) is 23.1 Å². The Labute approximate surface area is 157 Å². The summed E-state index contributed by atoms with van der Waals surface area (Å²) >= 11 is 0. The summed E-state index contributed by atoms with van der Waals surface area (Å²) in [6.07, 6.45) is 3.51. The van der Waals surface area contributed by atoms with Gasteiger partial charge in [-0.1, -0.05) is 18.2 Å². The van der Waals surface area contributed by atoms with E-state index in [4.69, 9.17) is 4.74 Å². The number of para-hydroxylation sites is 1. The van der Waals surface area contributed by atoms with E-state index >= 15 is 0 Å². The molecule has 2 aromatic heterocycles. The SMILES string of the molecule is Cc1nc(Nc2ccc(Oc3ccccc3)cc2)cc(-c2ccncc2)n1. The summed E-state index contributed by atoms with van der Waals surface area (Å²) in [4.78, 5) is 13.0. The molecule has 0 aliphatic carbocycles. The average molecular weight is 354 g/mol. The fourth-order valence-electron chi connectivity index (χ4n) is 2.68. The molecule has 0 saturated heterocycles. The van der Waals surface area contributed by atoms with Crippen molar-refractivity contribution in [3.8, 4) is 22.8 Å². The Balaban J connectivity index is 1.51. The number of aromatic nitrogens is 3. The van der Waals surface area contributed by atoms with E-state index in [0.717, 1.165) is 34.3 Å². The molecule has 0 bridgehead atoms. The van der Waals surface area contributed by atoms with E-state index in [1.807, 2.05) is 79.7 Å². The second kappa shape index (κ2) is 7.66. The Morgan fingerprint density at radius 1 is 0.778 bits per heavy atom. The maximum Gasteiger partial charge on any atom is 0.134 e. The molecule has 4 aromatic rings. The van der Waals surface area contributed by atoms with Crippen molar-refractivity contribution in [3.05, 3.63) is 91.0 Å². The zero-order chi connectivity index (χ0) is 18.5. The highest BCUT2D eigenvalue weighted by atomic mass is 16.5. The van der Waals surface area contributed by atoms with Crippen LogP contribution in [0.1, 0.15) is 5.82 Å². The Morgan fingerprint density at radius 2 is 1.48 bits per heavy atom. The van der Waals surface area contributed by atoms with Crippen LogP contribution in [-0.4, -0.2) is 15.0 Å². The minimum atomic E-state index is 0.704. The number of benzene rings is 2. The molecule has 2 heterocycles. The van der Waals surface area contributed by atoms with E-state index in [1.165, 1.54) is 0 Å². The molecule has 1 N–H and O–H groups in total. The molecule has 0 saturated carbocycles. The maximum absolute atomic E-state index is 5.82. The zero-order valence-electron chi connectivity index (χ0n) is 14.8. The van der Waals surface area contributed by atoms with Gasteiger partial charge in [-0.15, -0.1) is 0 Å². The van der Waals surface area contributed by atoms with Crippen molar-refractivity contribution in [2.45, 2.75) is 6.92 Å². The number of anilines is 2. The molecule has 132 valence electrons. The Morgan fingerprint density at radius 3 is 2.22 bits per heavy atom. The van der Waals surface area contributed by atoms with Crippen molar-refractivity contribution in [1.82, 2.24) is 15.0 Å². The van der Waals surface area contributed by atoms with E-state index in [9.17, 15) is 0 Å². The number of hydrogen-bond donors (Lipinski definition) is 1. The van der Waals surface area contributed by atoms with Gasteiger partial charge in [-0.2, -0.15) is 0 Å². The highest BCUT2D eigenvalue weighted by molar-refractivity contribution is 5.65. The van der Waals surface area contributed by atoms with Gasteiger partial charge in [0.2, 0.25) is 0 Å². The van der Waals surface area contributed by atoms with Crippen LogP contribution < -0.4 is 10.1 Å². The Bertz CT molecular complexity index is 1020. The highest BCUT2D eigenvalue weighted by Crippen LogP contribution is 2.25. The summed E-state index contributed by atoms with van der Waals surface area (Å²) in [5.41, 5.74) is 2.79. The first-order valence-electron chi connectivity index (χ1n) is 8.62. The molecule has 2 aromatic carbocycles. The van der Waals surface area contributed by atoms with Gasteiger partial charge in [0.05, 0.1) is 5.69 Å². The van der Waals surface area contributed by atoms with Gasteiger partial charge >= 0.3 is 0 Å². The van der Waals surface area contributed by atoms with E-state index in [2.05, 4.69) is 20.3 Å². The van der Waals surface area contributed by atoms with Gasteiger partial charge < -0.3 is 10.1 Å². The maximum atomic E-state index is 5.82. The topological polar surface area (TPSA) is 59.9 Å². The number of nitrogens with zero attached hydrogens (tertiary/aromatic N) is 3. The number of nitrogens with one attached hydrogen (secondary N) is 1. The van der Waals surface area contributed by atoms with Crippen LogP contribution in [0.5, 0.6) is 11.5 Å². The number of ether oxygens (including phenoxy) is 1. The summed E-state index contributed by atoms with van der Waals surface area (Å²) in [5, 5.41) is 3.32. The fraction of sp³-hybridized carbons (Fsp3) is 0.0455. The van der Waals surface area contributed by atoms with E-state index in [0.29, 0.717) is 5.82 Å². The molecule has 0 aliphatic rings. The molecule has 0 aliphatic heterocycles. The lowest BCUT2D eigenvalue weighted by molar-refractivity contribution is 0.483. The third-order valence-corrected chi connectivity index (χ3v) is 3.92. The number of rotatable bonds is 5. The van der Waals surface area contributed by atoms with Gasteiger partial charge in [0.25, 0.3) is 0 Å². The third-order valence-electron chi connectivity index (χ3n) is 3.92. The molecule has 0 spiro atoms. The van der Waals surface area contributed by atoms with E-state index in [-0.39, 0.29) is 0 Å². The molecular weight excluding hydrogens is 336 g/mol. The average Bonchev–Trinajstić information content (AvgIpc) is 2.71. The van der Waals surface area contributed by atoms with Gasteiger partial charge in [-0.25, -0.2) is 9.97 Å².